The topological polar surface area (TPSA) is 35.5 Å². The summed E-state index contributed by atoms with van der Waals surface area (Å²) in [6.45, 7) is 6.40. The number of hydrogen-bond donors (Lipinski definition) is 0. The van der Waals surface area contributed by atoms with E-state index in [1.54, 1.807) is 38.1 Å². The second kappa shape index (κ2) is 8.26. The third kappa shape index (κ3) is 5.40. The molecule has 0 aromatic heterocycles. The number of allylic oxidation sites excluding steroid dienone is 1. The summed E-state index contributed by atoms with van der Waals surface area (Å²) in [6.07, 6.45) is 3.35. The summed E-state index contributed by atoms with van der Waals surface area (Å²) >= 11 is 1.69. The maximum absolute atomic E-state index is 12.7. The summed E-state index contributed by atoms with van der Waals surface area (Å²) in [5.74, 6) is 1.39. The van der Waals surface area contributed by atoms with Gasteiger partial charge in [0, 0.05) is 20.8 Å². The van der Waals surface area contributed by atoms with Gasteiger partial charge in [0.15, 0.2) is 5.78 Å². The van der Waals surface area contributed by atoms with E-state index in [1.807, 2.05) is 42.5 Å². The number of carbonyl (C=O) groups excluding carboxylic acids is 1. The molecule has 0 spiro atoms. The van der Waals surface area contributed by atoms with Crippen molar-refractivity contribution in [2.24, 2.45) is 0 Å². The van der Waals surface area contributed by atoms with Gasteiger partial charge in [-0.25, -0.2) is 0 Å². The second-order valence-electron chi connectivity index (χ2n) is 6.52. The van der Waals surface area contributed by atoms with Crippen LogP contribution in [0.3, 0.4) is 0 Å². The number of rotatable bonds is 6. The first-order chi connectivity index (χ1) is 11.8. The van der Waals surface area contributed by atoms with Gasteiger partial charge < -0.3 is 9.47 Å². The van der Waals surface area contributed by atoms with Gasteiger partial charge in [-0.1, -0.05) is 32.9 Å². The van der Waals surface area contributed by atoms with Crippen molar-refractivity contribution in [3.05, 3.63) is 59.7 Å². The Kier molecular flexibility index (Phi) is 6.32. The lowest BCUT2D eigenvalue weighted by atomic mass is 10.1. The normalized spacial score (nSPS) is 11.6. The van der Waals surface area contributed by atoms with Crippen LogP contribution in [0.5, 0.6) is 11.5 Å². The van der Waals surface area contributed by atoms with Crippen LogP contribution in [0.2, 0.25) is 0 Å². The molecule has 2 aromatic rings. The van der Waals surface area contributed by atoms with Crippen molar-refractivity contribution in [1.29, 1.82) is 0 Å². The first kappa shape index (κ1) is 19.1. The van der Waals surface area contributed by atoms with Crippen LogP contribution in [0.1, 0.15) is 36.7 Å². The number of hydrogen-bond acceptors (Lipinski definition) is 4. The van der Waals surface area contributed by atoms with E-state index in [9.17, 15) is 4.79 Å². The molecule has 0 saturated carbocycles. The number of methoxy groups -OCH3 is 2. The largest absolute Gasteiger partial charge is 0.497 e. The lowest BCUT2D eigenvalue weighted by Crippen LogP contribution is -2.08. The Hall–Kier alpha value is -2.20. The van der Waals surface area contributed by atoms with Crippen molar-refractivity contribution in [1.82, 2.24) is 0 Å². The van der Waals surface area contributed by atoms with E-state index in [0.717, 1.165) is 16.2 Å². The van der Waals surface area contributed by atoms with Crippen LogP contribution in [0.25, 0.3) is 6.08 Å². The summed E-state index contributed by atoms with van der Waals surface area (Å²) in [7, 11) is 3.22. The maximum atomic E-state index is 12.7. The zero-order valence-corrected chi connectivity index (χ0v) is 16.1. The van der Waals surface area contributed by atoms with Gasteiger partial charge in [0.05, 0.1) is 14.2 Å². The highest BCUT2D eigenvalue weighted by molar-refractivity contribution is 8.00. The predicted octanol–water partition coefficient (Wildman–Crippen LogP) is 5.49. The minimum absolute atomic E-state index is 0.0303. The Balaban J connectivity index is 2.30. The molecule has 2 aromatic carbocycles. The monoisotopic (exact) mass is 356 g/mol. The van der Waals surface area contributed by atoms with Crippen molar-refractivity contribution < 1.29 is 14.3 Å². The van der Waals surface area contributed by atoms with Gasteiger partial charge in [0.2, 0.25) is 0 Å². The predicted molar refractivity (Wildman–Crippen MR) is 105 cm³/mol. The van der Waals surface area contributed by atoms with Gasteiger partial charge >= 0.3 is 0 Å². The SMILES string of the molecule is COc1ccc(OC)c(/C=C/C(=O)c2ccccc2SC(C)(C)C)c1. The van der Waals surface area contributed by atoms with Crippen molar-refractivity contribution in [2.45, 2.75) is 30.4 Å². The number of benzene rings is 2. The first-order valence-electron chi connectivity index (χ1n) is 8.06. The minimum atomic E-state index is -0.0303. The molecule has 0 saturated heterocycles. The van der Waals surface area contributed by atoms with E-state index < -0.39 is 0 Å². The number of ether oxygens (including phenoxy) is 2. The van der Waals surface area contributed by atoms with Crippen LogP contribution in [0.4, 0.5) is 0 Å². The summed E-state index contributed by atoms with van der Waals surface area (Å²) < 4.78 is 10.6. The summed E-state index contributed by atoms with van der Waals surface area (Å²) in [5.41, 5.74) is 1.51. The molecule has 0 N–H and O–H groups in total. The highest BCUT2D eigenvalue weighted by atomic mass is 32.2. The van der Waals surface area contributed by atoms with Crippen LogP contribution in [-0.2, 0) is 0 Å². The fourth-order valence-electron chi connectivity index (χ4n) is 2.31. The molecule has 4 heteroatoms. The van der Waals surface area contributed by atoms with E-state index in [-0.39, 0.29) is 10.5 Å². The van der Waals surface area contributed by atoms with Crippen LogP contribution in [-0.4, -0.2) is 24.7 Å². The van der Waals surface area contributed by atoms with Gasteiger partial charge in [-0.3, -0.25) is 4.79 Å². The molecule has 0 bridgehead atoms. The number of thioether (sulfide) groups is 1. The quantitative estimate of drug-likeness (QED) is 0.389. The molecule has 0 radical (unpaired) electrons. The molecular weight excluding hydrogens is 332 g/mol. The Morgan fingerprint density at radius 3 is 2.40 bits per heavy atom. The standard InChI is InChI=1S/C21H24O3S/c1-21(2,3)25-20-9-7-6-8-17(20)18(22)12-10-15-14-16(23-4)11-13-19(15)24-5/h6-14H,1-5H3/b12-10+. The molecule has 0 aliphatic heterocycles. The third-order valence-electron chi connectivity index (χ3n) is 3.42. The Morgan fingerprint density at radius 2 is 1.76 bits per heavy atom. The Bertz CT molecular complexity index is 773. The summed E-state index contributed by atoms with van der Waals surface area (Å²) in [5, 5.41) is 0. The van der Waals surface area contributed by atoms with Crippen LogP contribution >= 0.6 is 11.8 Å². The highest BCUT2D eigenvalue weighted by Gasteiger charge is 2.17. The minimum Gasteiger partial charge on any atom is -0.497 e. The van der Waals surface area contributed by atoms with Gasteiger partial charge in [-0.05, 0) is 42.5 Å². The van der Waals surface area contributed by atoms with E-state index in [1.165, 1.54) is 0 Å². The Morgan fingerprint density at radius 1 is 1.04 bits per heavy atom. The fourth-order valence-corrected chi connectivity index (χ4v) is 3.40. The molecule has 0 amide bonds. The second-order valence-corrected chi connectivity index (χ2v) is 8.38. The average Bonchev–Trinajstić information content (AvgIpc) is 2.58. The lowest BCUT2D eigenvalue weighted by Gasteiger charge is -2.19. The first-order valence-corrected chi connectivity index (χ1v) is 8.88. The smallest absolute Gasteiger partial charge is 0.186 e. The lowest BCUT2D eigenvalue weighted by molar-refractivity contribution is 0.104. The van der Waals surface area contributed by atoms with E-state index >= 15 is 0 Å². The van der Waals surface area contributed by atoms with Crippen molar-refractivity contribution in [2.75, 3.05) is 14.2 Å². The zero-order valence-electron chi connectivity index (χ0n) is 15.3. The van der Waals surface area contributed by atoms with E-state index in [2.05, 4.69) is 20.8 Å². The highest BCUT2D eigenvalue weighted by Crippen LogP contribution is 2.34. The molecule has 0 aliphatic rings. The van der Waals surface area contributed by atoms with Gasteiger partial charge in [0.25, 0.3) is 0 Å². The molecule has 0 unspecified atom stereocenters. The Labute approximate surface area is 154 Å². The zero-order chi connectivity index (χ0) is 18.4. The number of carbonyl (C=O) groups is 1. The van der Waals surface area contributed by atoms with Gasteiger partial charge in [-0.15, -0.1) is 11.8 Å². The fraction of sp³-hybridized carbons (Fsp3) is 0.286. The molecule has 0 heterocycles. The van der Waals surface area contributed by atoms with Crippen LogP contribution < -0.4 is 9.47 Å². The van der Waals surface area contributed by atoms with E-state index in [4.69, 9.17) is 9.47 Å². The molecule has 25 heavy (non-hydrogen) atoms. The number of ketones is 1. The summed E-state index contributed by atoms with van der Waals surface area (Å²) in [6, 6.07) is 13.2. The molecule has 0 fully saturated rings. The van der Waals surface area contributed by atoms with Crippen LogP contribution in [0, 0.1) is 0 Å². The molecule has 2 rings (SSSR count). The van der Waals surface area contributed by atoms with Crippen molar-refractivity contribution in [3.8, 4) is 11.5 Å². The molecule has 132 valence electrons. The molecule has 3 nitrogen and oxygen atoms in total. The molecular formula is C21H24O3S. The third-order valence-corrected chi connectivity index (χ3v) is 4.61. The van der Waals surface area contributed by atoms with Crippen molar-refractivity contribution in [3.63, 3.8) is 0 Å². The molecule has 0 atom stereocenters. The van der Waals surface area contributed by atoms with E-state index in [0.29, 0.717) is 11.3 Å². The maximum Gasteiger partial charge on any atom is 0.186 e. The molecule has 0 aliphatic carbocycles. The van der Waals surface area contributed by atoms with Crippen LogP contribution in [0.15, 0.2) is 53.4 Å². The van der Waals surface area contributed by atoms with Gasteiger partial charge in [-0.2, -0.15) is 0 Å². The average molecular weight is 356 g/mol. The summed E-state index contributed by atoms with van der Waals surface area (Å²) in [4.78, 5) is 13.7. The van der Waals surface area contributed by atoms with Crippen molar-refractivity contribution >= 4 is 23.6 Å². The van der Waals surface area contributed by atoms with Gasteiger partial charge in [0.1, 0.15) is 11.5 Å².